The Bertz CT molecular complexity index is 815. The first-order valence-electron chi connectivity index (χ1n) is 8.30. The van der Waals surface area contributed by atoms with Gasteiger partial charge in [-0.3, -0.25) is 10.2 Å². The second-order valence-electron chi connectivity index (χ2n) is 6.06. The zero-order valence-corrected chi connectivity index (χ0v) is 13.7. The minimum atomic E-state index is -0.715. The van der Waals surface area contributed by atoms with E-state index in [2.05, 4.69) is 5.32 Å². The summed E-state index contributed by atoms with van der Waals surface area (Å²) in [7, 11) is 0. The lowest BCUT2D eigenvalue weighted by Crippen LogP contribution is -2.40. The standard InChI is InChI=1S/C19H19N3O3/c20-18(22-8-10-24-11-9-22)14-5-3-4-13(12-14)17-19(23)21-15-6-1-2-7-16(15)25-17/h1-7,12,17,20H,8-11H2,(H,21,23). The van der Waals surface area contributed by atoms with Crippen LogP contribution < -0.4 is 10.1 Å². The summed E-state index contributed by atoms with van der Waals surface area (Å²) in [5, 5.41) is 11.3. The zero-order chi connectivity index (χ0) is 17.2. The zero-order valence-electron chi connectivity index (χ0n) is 13.7. The average Bonchev–Trinajstić information content (AvgIpc) is 2.67. The van der Waals surface area contributed by atoms with E-state index in [-0.39, 0.29) is 5.91 Å². The fourth-order valence-corrected chi connectivity index (χ4v) is 3.09. The molecule has 2 aliphatic rings. The molecule has 6 nitrogen and oxygen atoms in total. The highest BCUT2D eigenvalue weighted by Crippen LogP contribution is 2.34. The van der Waals surface area contributed by atoms with Crippen molar-refractivity contribution in [3.63, 3.8) is 0 Å². The van der Waals surface area contributed by atoms with Crippen molar-refractivity contribution >= 4 is 17.4 Å². The molecule has 25 heavy (non-hydrogen) atoms. The van der Waals surface area contributed by atoms with Gasteiger partial charge >= 0.3 is 0 Å². The molecule has 128 valence electrons. The topological polar surface area (TPSA) is 74.7 Å². The number of morpholine rings is 1. The third kappa shape index (κ3) is 3.08. The van der Waals surface area contributed by atoms with E-state index < -0.39 is 6.10 Å². The van der Waals surface area contributed by atoms with E-state index in [1.165, 1.54) is 0 Å². The van der Waals surface area contributed by atoms with Crippen LogP contribution in [-0.2, 0) is 9.53 Å². The van der Waals surface area contributed by atoms with E-state index >= 15 is 0 Å². The number of para-hydroxylation sites is 2. The SMILES string of the molecule is N=C(c1cccc(C2Oc3ccccc3NC2=O)c1)N1CCOCC1. The molecule has 1 atom stereocenters. The minimum absolute atomic E-state index is 0.200. The highest BCUT2D eigenvalue weighted by Gasteiger charge is 2.29. The van der Waals surface area contributed by atoms with Crippen LogP contribution >= 0.6 is 0 Å². The van der Waals surface area contributed by atoms with Crippen LogP contribution in [0.4, 0.5) is 5.69 Å². The number of anilines is 1. The second-order valence-corrected chi connectivity index (χ2v) is 6.06. The third-order valence-corrected chi connectivity index (χ3v) is 4.42. The van der Waals surface area contributed by atoms with Crippen molar-refractivity contribution in [2.75, 3.05) is 31.6 Å². The molecule has 0 bridgehead atoms. The predicted octanol–water partition coefficient (Wildman–Crippen LogP) is 2.42. The van der Waals surface area contributed by atoms with Crippen molar-refractivity contribution in [3.05, 3.63) is 59.7 Å². The smallest absolute Gasteiger partial charge is 0.270 e. The van der Waals surface area contributed by atoms with E-state index in [4.69, 9.17) is 14.9 Å². The maximum Gasteiger partial charge on any atom is 0.270 e. The number of nitrogens with one attached hydrogen (secondary N) is 2. The van der Waals surface area contributed by atoms with Gasteiger partial charge in [-0.05, 0) is 18.2 Å². The van der Waals surface area contributed by atoms with Crippen molar-refractivity contribution in [2.24, 2.45) is 0 Å². The Morgan fingerprint density at radius 2 is 1.92 bits per heavy atom. The second kappa shape index (κ2) is 6.57. The molecule has 1 saturated heterocycles. The van der Waals surface area contributed by atoms with Gasteiger partial charge in [0.15, 0.2) is 0 Å². The molecule has 0 saturated carbocycles. The normalized spacial score (nSPS) is 19.6. The number of carbonyl (C=O) groups excluding carboxylic acids is 1. The van der Waals surface area contributed by atoms with Crippen LogP contribution in [0.3, 0.4) is 0 Å². The summed E-state index contributed by atoms with van der Waals surface area (Å²) in [4.78, 5) is 14.4. The van der Waals surface area contributed by atoms with Crippen LogP contribution in [0, 0.1) is 5.41 Å². The summed E-state index contributed by atoms with van der Waals surface area (Å²) in [6.45, 7) is 2.67. The van der Waals surface area contributed by atoms with Crippen LogP contribution in [0.1, 0.15) is 17.2 Å². The molecule has 2 aromatic rings. The average molecular weight is 337 g/mol. The van der Waals surface area contributed by atoms with Crippen LogP contribution in [0.2, 0.25) is 0 Å². The Balaban J connectivity index is 1.59. The number of amides is 1. The number of rotatable bonds is 2. The molecule has 4 rings (SSSR count). The minimum Gasteiger partial charge on any atom is -0.474 e. The van der Waals surface area contributed by atoms with Crippen molar-refractivity contribution in [3.8, 4) is 5.75 Å². The van der Waals surface area contributed by atoms with Gasteiger partial charge in [0.1, 0.15) is 11.6 Å². The number of hydrogen-bond acceptors (Lipinski definition) is 4. The molecule has 2 heterocycles. The van der Waals surface area contributed by atoms with Crippen LogP contribution in [-0.4, -0.2) is 42.9 Å². The Morgan fingerprint density at radius 1 is 1.12 bits per heavy atom. The molecule has 2 aromatic carbocycles. The van der Waals surface area contributed by atoms with Gasteiger partial charge < -0.3 is 19.7 Å². The number of nitrogens with zero attached hydrogens (tertiary/aromatic N) is 1. The number of ether oxygens (including phenoxy) is 2. The lowest BCUT2D eigenvalue weighted by molar-refractivity contribution is -0.123. The fraction of sp³-hybridized carbons (Fsp3) is 0.263. The van der Waals surface area contributed by atoms with E-state index in [0.717, 1.165) is 11.1 Å². The van der Waals surface area contributed by atoms with Gasteiger partial charge in [0.25, 0.3) is 5.91 Å². The molecular formula is C19H19N3O3. The Kier molecular flexibility index (Phi) is 4.11. The molecular weight excluding hydrogens is 318 g/mol. The van der Waals surface area contributed by atoms with Gasteiger partial charge in [0.05, 0.1) is 18.9 Å². The summed E-state index contributed by atoms with van der Waals surface area (Å²) in [6, 6.07) is 14.8. The highest BCUT2D eigenvalue weighted by molar-refractivity contribution is 6.00. The van der Waals surface area contributed by atoms with Crippen molar-refractivity contribution in [1.29, 1.82) is 5.41 Å². The molecule has 0 aliphatic carbocycles. The van der Waals surface area contributed by atoms with Crippen molar-refractivity contribution in [1.82, 2.24) is 4.90 Å². The Labute approximate surface area is 145 Å². The third-order valence-electron chi connectivity index (χ3n) is 4.42. The van der Waals surface area contributed by atoms with Crippen LogP contribution in [0.5, 0.6) is 5.75 Å². The number of hydrogen-bond donors (Lipinski definition) is 2. The number of benzene rings is 2. The first kappa shape index (κ1) is 15.7. The molecule has 6 heteroatoms. The lowest BCUT2D eigenvalue weighted by Gasteiger charge is -2.30. The monoisotopic (exact) mass is 337 g/mol. The predicted molar refractivity (Wildman–Crippen MR) is 94.1 cm³/mol. The molecule has 2 N–H and O–H groups in total. The van der Waals surface area contributed by atoms with Gasteiger partial charge in [-0.15, -0.1) is 0 Å². The summed E-state index contributed by atoms with van der Waals surface area (Å²) in [6.07, 6.45) is -0.715. The largest absolute Gasteiger partial charge is 0.474 e. The van der Waals surface area contributed by atoms with Gasteiger partial charge in [-0.1, -0.05) is 30.3 Å². The summed E-state index contributed by atoms with van der Waals surface area (Å²) in [5.41, 5.74) is 2.19. The number of fused-ring (bicyclic) bond motifs is 1. The molecule has 1 amide bonds. The van der Waals surface area contributed by atoms with Gasteiger partial charge in [0, 0.05) is 24.2 Å². The lowest BCUT2D eigenvalue weighted by atomic mass is 10.0. The van der Waals surface area contributed by atoms with E-state index in [1.54, 1.807) is 0 Å². The van der Waals surface area contributed by atoms with E-state index in [9.17, 15) is 4.79 Å². The maximum atomic E-state index is 12.4. The van der Waals surface area contributed by atoms with Crippen LogP contribution in [0.15, 0.2) is 48.5 Å². The summed E-state index contributed by atoms with van der Waals surface area (Å²) >= 11 is 0. The fourth-order valence-electron chi connectivity index (χ4n) is 3.09. The first-order chi connectivity index (χ1) is 12.2. The maximum absolute atomic E-state index is 12.4. The van der Waals surface area contributed by atoms with Gasteiger partial charge in [-0.2, -0.15) is 0 Å². The van der Waals surface area contributed by atoms with Crippen molar-refractivity contribution in [2.45, 2.75) is 6.10 Å². The van der Waals surface area contributed by atoms with E-state index in [0.29, 0.717) is 43.6 Å². The molecule has 2 aliphatic heterocycles. The molecule has 0 aromatic heterocycles. The van der Waals surface area contributed by atoms with Crippen molar-refractivity contribution < 1.29 is 14.3 Å². The Hall–Kier alpha value is -2.86. The highest BCUT2D eigenvalue weighted by atomic mass is 16.5. The number of carbonyl (C=O) groups is 1. The number of amidine groups is 1. The Morgan fingerprint density at radius 3 is 2.76 bits per heavy atom. The molecule has 1 fully saturated rings. The summed E-state index contributed by atoms with van der Waals surface area (Å²) in [5.74, 6) is 0.899. The van der Waals surface area contributed by atoms with E-state index in [1.807, 2.05) is 53.4 Å². The first-order valence-corrected chi connectivity index (χ1v) is 8.30. The molecule has 0 spiro atoms. The van der Waals surface area contributed by atoms with Gasteiger partial charge in [0.2, 0.25) is 6.10 Å². The van der Waals surface area contributed by atoms with Gasteiger partial charge in [-0.25, -0.2) is 0 Å². The summed E-state index contributed by atoms with van der Waals surface area (Å²) < 4.78 is 11.2. The van der Waals surface area contributed by atoms with Crippen LogP contribution in [0.25, 0.3) is 0 Å². The molecule has 0 radical (unpaired) electrons. The molecule has 1 unspecified atom stereocenters. The quantitative estimate of drug-likeness (QED) is 0.652.